The van der Waals surface area contributed by atoms with Gasteiger partial charge in [-0.1, -0.05) is 6.07 Å². The summed E-state index contributed by atoms with van der Waals surface area (Å²) in [7, 11) is 0. The summed E-state index contributed by atoms with van der Waals surface area (Å²) in [6, 6.07) is 6.21. The Morgan fingerprint density at radius 2 is 2.10 bits per heavy atom. The van der Waals surface area contributed by atoms with E-state index in [1.165, 1.54) is 13.0 Å². The highest BCUT2D eigenvalue weighted by atomic mass is 16.5. The Kier molecular flexibility index (Phi) is 4.23. The summed E-state index contributed by atoms with van der Waals surface area (Å²) in [5.41, 5.74) is 4.75. The smallest absolute Gasteiger partial charge is 0.308 e. The zero-order valence-electron chi connectivity index (χ0n) is 11.5. The van der Waals surface area contributed by atoms with Crippen molar-refractivity contribution in [2.45, 2.75) is 18.9 Å². The second-order valence-corrected chi connectivity index (χ2v) is 4.99. The van der Waals surface area contributed by atoms with Crippen LogP contribution in [-0.2, 0) is 14.3 Å². The summed E-state index contributed by atoms with van der Waals surface area (Å²) in [4.78, 5) is 34.2. The summed E-state index contributed by atoms with van der Waals surface area (Å²) in [6.45, 7) is 1.76. The van der Waals surface area contributed by atoms with Crippen molar-refractivity contribution in [1.29, 1.82) is 0 Å². The number of rotatable bonds is 5. The lowest BCUT2D eigenvalue weighted by Crippen LogP contribution is -2.63. The highest BCUT2D eigenvalue weighted by Gasteiger charge is 2.41. The van der Waals surface area contributed by atoms with Crippen LogP contribution in [0.4, 0.5) is 0 Å². The third-order valence-electron chi connectivity index (χ3n) is 3.01. The topological polar surface area (TPSA) is 108 Å². The number of primary amides is 1. The maximum atomic E-state index is 12.2. The molecule has 3 N–H and O–H groups in total. The highest BCUT2D eigenvalue weighted by Crippen LogP contribution is 2.22. The van der Waals surface area contributed by atoms with E-state index in [0.29, 0.717) is 5.56 Å². The third kappa shape index (κ3) is 3.79. The number of amides is 2. The number of hydrogen-bond acceptors (Lipinski definition) is 5. The molecule has 1 aliphatic rings. The van der Waals surface area contributed by atoms with Crippen molar-refractivity contribution < 1.29 is 23.9 Å². The van der Waals surface area contributed by atoms with Crippen LogP contribution in [0, 0.1) is 0 Å². The lowest BCUT2D eigenvalue weighted by Gasteiger charge is -2.41. The molecule has 21 heavy (non-hydrogen) atoms. The molecule has 0 spiro atoms. The second-order valence-electron chi connectivity index (χ2n) is 4.99. The first kappa shape index (κ1) is 15.0. The van der Waals surface area contributed by atoms with Gasteiger partial charge in [-0.3, -0.25) is 14.4 Å². The molecule has 1 fully saturated rings. The number of nitrogens with one attached hydrogen (secondary N) is 1. The first-order valence-electron chi connectivity index (χ1n) is 6.37. The van der Waals surface area contributed by atoms with Crippen LogP contribution in [0.3, 0.4) is 0 Å². The first-order chi connectivity index (χ1) is 9.90. The monoisotopic (exact) mass is 292 g/mol. The second kappa shape index (κ2) is 5.92. The SMILES string of the molecule is CC(=O)Oc1cccc(C(=O)NC2(CC(N)=O)COC2)c1. The maximum Gasteiger partial charge on any atom is 0.308 e. The Hall–Kier alpha value is -2.41. The standard InChI is InChI=1S/C14H16N2O5/c1-9(17)21-11-4-2-3-10(5-11)13(19)16-14(6-12(15)18)7-20-8-14/h2-5H,6-8H2,1H3,(H2,15,18)(H,16,19). The zero-order chi connectivity index (χ0) is 15.5. The minimum atomic E-state index is -0.750. The Morgan fingerprint density at radius 3 is 2.62 bits per heavy atom. The Bertz CT molecular complexity index is 580. The predicted octanol–water partition coefficient (Wildman–Crippen LogP) is -0.0139. The van der Waals surface area contributed by atoms with Gasteiger partial charge in [-0.05, 0) is 18.2 Å². The van der Waals surface area contributed by atoms with Gasteiger partial charge in [0.15, 0.2) is 0 Å². The van der Waals surface area contributed by atoms with Gasteiger partial charge in [-0.15, -0.1) is 0 Å². The summed E-state index contributed by atoms with van der Waals surface area (Å²) in [5, 5.41) is 2.75. The zero-order valence-corrected chi connectivity index (χ0v) is 11.5. The van der Waals surface area contributed by atoms with Gasteiger partial charge >= 0.3 is 5.97 Å². The highest BCUT2D eigenvalue weighted by molar-refractivity contribution is 5.95. The van der Waals surface area contributed by atoms with Crippen molar-refractivity contribution in [2.24, 2.45) is 5.73 Å². The Labute approximate surface area is 121 Å². The minimum absolute atomic E-state index is 0.0162. The van der Waals surface area contributed by atoms with E-state index in [2.05, 4.69) is 5.32 Å². The molecule has 0 bridgehead atoms. The molecule has 0 aromatic heterocycles. The van der Waals surface area contributed by atoms with Gasteiger partial charge in [0.05, 0.1) is 25.2 Å². The summed E-state index contributed by atoms with van der Waals surface area (Å²) >= 11 is 0. The lowest BCUT2D eigenvalue weighted by molar-refractivity contribution is -0.132. The molecule has 0 unspecified atom stereocenters. The molecule has 112 valence electrons. The number of nitrogens with two attached hydrogens (primary N) is 1. The molecule has 1 aliphatic heterocycles. The van der Waals surface area contributed by atoms with Crippen molar-refractivity contribution in [3.05, 3.63) is 29.8 Å². The number of benzene rings is 1. The predicted molar refractivity (Wildman–Crippen MR) is 72.6 cm³/mol. The molecule has 0 atom stereocenters. The number of esters is 1. The van der Waals surface area contributed by atoms with Gasteiger partial charge in [-0.25, -0.2) is 0 Å². The number of carbonyl (C=O) groups is 3. The molecule has 0 aliphatic carbocycles. The fourth-order valence-corrected chi connectivity index (χ4v) is 2.08. The first-order valence-corrected chi connectivity index (χ1v) is 6.37. The molecular weight excluding hydrogens is 276 g/mol. The Balaban J connectivity index is 2.09. The molecule has 1 heterocycles. The summed E-state index contributed by atoms with van der Waals surface area (Å²) < 4.78 is 9.98. The van der Waals surface area contributed by atoms with E-state index in [1.807, 2.05) is 0 Å². The Morgan fingerprint density at radius 1 is 1.38 bits per heavy atom. The molecule has 0 saturated carbocycles. The fourth-order valence-electron chi connectivity index (χ4n) is 2.08. The van der Waals surface area contributed by atoms with E-state index in [0.717, 1.165) is 0 Å². The van der Waals surface area contributed by atoms with Gasteiger partial charge in [0.25, 0.3) is 5.91 Å². The van der Waals surface area contributed by atoms with Crippen LogP contribution in [0.15, 0.2) is 24.3 Å². The van der Waals surface area contributed by atoms with Crippen LogP contribution >= 0.6 is 0 Å². The molecule has 2 rings (SSSR count). The molecule has 1 saturated heterocycles. The van der Waals surface area contributed by atoms with E-state index < -0.39 is 17.4 Å². The average molecular weight is 292 g/mol. The van der Waals surface area contributed by atoms with Crippen LogP contribution < -0.4 is 15.8 Å². The van der Waals surface area contributed by atoms with Crippen LogP contribution in [0.1, 0.15) is 23.7 Å². The number of ether oxygens (including phenoxy) is 2. The van der Waals surface area contributed by atoms with Crippen molar-refractivity contribution in [1.82, 2.24) is 5.32 Å². The summed E-state index contributed by atoms with van der Waals surface area (Å²) in [6.07, 6.45) is 0.0162. The van der Waals surface area contributed by atoms with E-state index in [-0.39, 0.29) is 31.3 Å². The third-order valence-corrected chi connectivity index (χ3v) is 3.01. The number of hydrogen-bond donors (Lipinski definition) is 2. The van der Waals surface area contributed by atoms with E-state index in [4.69, 9.17) is 15.2 Å². The van der Waals surface area contributed by atoms with E-state index in [1.54, 1.807) is 18.2 Å². The van der Waals surface area contributed by atoms with Crippen LogP contribution in [0.25, 0.3) is 0 Å². The van der Waals surface area contributed by atoms with Crippen LogP contribution in [0.5, 0.6) is 5.75 Å². The molecule has 7 heteroatoms. The molecule has 1 aromatic rings. The fraction of sp³-hybridized carbons (Fsp3) is 0.357. The van der Waals surface area contributed by atoms with Crippen LogP contribution in [0.2, 0.25) is 0 Å². The van der Waals surface area contributed by atoms with E-state index >= 15 is 0 Å². The van der Waals surface area contributed by atoms with Gasteiger partial charge < -0.3 is 20.5 Å². The van der Waals surface area contributed by atoms with Gasteiger partial charge in [0.2, 0.25) is 5.91 Å². The average Bonchev–Trinajstić information content (AvgIpc) is 2.35. The van der Waals surface area contributed by atoms with E-state index in [9.17, 15) is 14.4 Å². The van der Waals surface area contributed by atoms with Gasteiger partial charge in [-0.2, -0.15) is 0 Å². The molecule has 0 radical (unpaired) electrons. The summed E-state index contributed by atoms with van der Waals surface area (Å²) in [5.74, 6) is -1.07. The molecular formula is C14H16N2O5. The maximum absolute atomic E-state index is 12.2. The molecule has 1 aromatic carbocycles. The van der Waals surface area contributed by atoms with Crippen molar-refractivity contribution in [3.63, 3.8) is 0 Å². The minimum Gasteiger partial charge on any atom is -0.427 e. The van der Waals surface area contributed by atoms with Gasteiger partial charge in [0.1, 0.15) is 5.75 Å². The quantitative estimate of drug-likeness (QED) is 0.586. The largest absolute Gasteiger partial charge is 0.427 e. The number of carbonyl (C=O) groups excluding carboxylic acids is 3. The van der Waals surface area contributed by atoms with Crippen LogP contribution in [-0.4, -0.2) is 36.5 Å². The van der Waals surface area contributed by atoms with Crippen molar-refractivity contribution in [3.8, 4) is 5.75 Å². The van der Waals surface area contributed by atoms with Crippen molar-refractivity contribution in [2.75, 3.05) is 13.2 Å². The van der Waals surface area contributed by atoms with Gasteiger partial charge in [0, 0.05) is 12.5 Å². The molecule has 2 amide bonds. The molecule has 7 nitrogen and oxygen atoms in total. The van der Waals surface area contributed by atoms with Crippen molar-refractivity contribution >= 4 is 17.8 Å². The normalized spacial score (nSPS) is 15.7. The lowest BCUT2D eigenvalue weighted by atomic mass is 9.92.